The molecule has 0 saturated carbocycles. The van der Waals surface area contributed by atoms with Gasteiger partial charge in [-0.1, -0.05) is 6.07 Å². The van der Waals surface area contributed by atoms with E-state index in [4.69, 9.17) is 11.7 Å². The number of aromatic nitrogens is 1. The monoisotopic (exact) mass is 303 g/mol. The number of nitrogens with one attached hydrogen (secondary N) is 1. The van der Waals surface area contributed by atoms with Gasteiger partial charge in [0.05, 0.1) is 17.7 Å². The van der Waals surface area contributed by atoms with Crippen LogP contribution in [0.25, 0.3) is 15.7 Å². The zero-order chi connectivity index (χ0) is 16.4. The largest absolute Gasteiger partial charge is 0.478 e. The van der Waals surface area contributed by atoms with Crippen LogP contribution in [0.2, 0.25) is 0 Å². The zero-order valence-corrected chi connectivity index (χ0v) is 12.4. The van der Waals surface area contributed by atoms with Crippen LogP contribution in [0.15, 0.2) is 48.7 Å². The maximum Gasteiger partial charge on any atom is 0.335 e. The topological polar surface area (TPSA) is 66.6 Å². The number of hydrogen-bond acceptors (Lipinski definition) is 3. The van der Waals surface area contributed by atoms with Gasteiger partial charge in [0.2, 0.25) is 0 Å². The van der Waals surface area contributed by atoms with Crippen molar-refractivity contribution in [3.63, 3.8) is 0 Å². The first-order chi connectivity index (χ1) is 11.1. The van der Waals surface area contributed by atoms with Crippen molar-refractivity contribution in [2.45, 2.75) is 6.92 Å². The van der Waals surface area contributed by atoms with Crippen molar-refractivity contribution < 1.29 is 9.90 Å². The molecule has 3 aromatic rings. The molecular weight excluding hydrogens is 290 g/mol. The fourth-order valence-corrected chi connectivity index (χ4v) is 2.45. The number of anilines is 2. The first kappa shape index (κ1) is 14.5. The van der Waals surface area contributed by atoms with Crippen LogP contribution in [-0.2, 0) is 0 Å². The highest BCUT2D eigenvalue weighted by Gasteiger charge is 2.08. The molecule has 3 rings (SSSR count). The second kappa shape index (κ2) is 5.78. The van der Waals surface area contributed by atoms with Crippen molar-refractivity contribution in [3.8, 4) is 0 Å². The number of aryl methyl sites for hydroxylation is 1. The summed E-state index contributed by atoms with van der Waals surface area (Å²) in [5.74, 6) is -0.940. The molecule has 1 heterocycles. The number of fused-ring (bicyclic) bond motifs is 1. The molecule has 0 aliphatic carbocycles. The lowest BCUT2D eigenvalue weighted by atomic mass is 10.1. The number of hydrogen-bond donors (Lipinski definition) is 2. The van der Waals surface area contributed by atoms with Gasteiger partial charge >= 0.3 is 5.97 Å². The van der Waals surface area contributed by atoms with Crippen molar-refractivity contribution in [3.05, 3.63) is 71.2 Å². The van der Waals surface area contributed by atoms with Crippen LogP contribution >= 0.6 is 0 Å². The molecule has 2 aromatic carbocycles. The molecular formula is C18H13N3O2. The summed E-state index contributed by atoms with van der Waals surface area (Å²) in [6.45, 7) is 8.89. The summed E-state index contributed by atoms with van der Waals surface area (Å²) in [7, 11) is 0. The third-order valence-electron chi connectivity index (χ3n) is 3.59. The molecule has 5 heteroatoms. The Morgan fingerprint density at radius 2 is 2.04 bits per heavy atom. The van der Waals surface area contributed by atoms with Gasteiger partial charge in [0, 0.05) is 23.0 Å². The van der Waals surface area contributed by atoms with E-state index in [0.29, 0.717) is 11.3 Å². The number of carbonyl (C=O) groups is 1. The number of carboxylic acid groups (broad SMARTS) is 1. The van der Waals surface area contributed by atoms with Gasteiger partial charge in [-0.2, -0.15) is 0 Å². The van der Waals surface area contributed by atoms with E-state index < -0.39 is 5.97 Å². The SMILES string of the molecule is [C-]#[N+]c1ccc2nccc(Nc3ccc(C(=O)O)c(C)c3)c2c1. The minimum atomic E-state index is -0.940. The van der Waals surface area contributed by atoms with Gasteiger partial charge in [0.15, 0.2) is 5.69 Å². The molecule has 0 bridgehead atoms. The van der Waals surface area contributed by atoms with E-state index in [1.807, 2.05) is 12.1 Å². The Balaban J connectivity index is 2.03. The molecule has 0 aliphatic rings. The van der Waals surface area contributed by atoms with E-state index in [2.05, 4.69) is 15.1 Å². The molecule has 0 spiro atoms. The van der Waals surface area contributed by atoms with Crippen LogP contribution in [0, 0.1) is 13.5 Å². The van der Waals surface area contributed by atoms with Crippen LogP contribution in [0.1, 0.15) is 15.9 Å². The van der Waals surface area contributed by atoms with Crippen LogP contribution < -0.4 is 5.32 Å². The Morgan fingerprint density at radius 3 is 2.74 bits per heavy atom. The standard InChI is InChI=1S/C18H13N3O2/c1-11-9-13(3-5-14(11)18(22)23)21-17-7-8-20-16-6-4-12(19-2)10-15(16)17/h3-10H,1H3,(H,20,21)(H,22,23). The molecule has 0 atom stereocenters. The molecule has 0 fully saturated rings. The minimum Gasteiger partial charge on any atom is -0.478 e. The van der Waals surface area contributed by atoms with Gasteiger partial charge in [0.25, 0.3) is 0 Å². The highest BCUT2D eigenvalue weighted by Crippen LogP contribution is 2.29. The number of benzene rings is 2. The fraction of sp³-hybridized carbons (Fsp3) is 0.0556. The molecule has 0 aliphatic heterocycles. The Labute approximate surface area is 133 Å². The number of nitrogens with zero attached hydrogens (tertiary/aromatic N) is 2. The van der Waals surface area contributed by atoms with E-state index in [1.54, 1.807) is 43.5 Å². The Morgan fingerprint density at radius 1 is 1.22 bits per heavy atom. The number of carboxylic acids is 1. The average Bonchev–Trinajstić information content (AvgIpc) is 2.54. The Bertz CT molecular complexity index is 958. The molecule has 2 N–H and O–H groups in total. The molecule has 112 valence electrons. The number of pyridine rings is 1. The average molecular weight is 303 g/mol. The third kappa shape index (κ3) is 2.83. The first-order valence-electron chi connectivity index (χ1n) is 6.95. The van der Waals surface area contributed by atoms with E-state index in [9.17, 15) is 4.79 Å². The molecule has 0 saturated heterocycles. The highest BCUT2D eigenvalue weighted by molar-refractivity contribution is 5.95. The summed E-state index contributed by atoms with van der Waals surface area (Å²) in [6.07, 6.45) is 1.70. The number of rotatable bonds is 3. The van der Waals surface area contributed by atoms with Gasteiger partial charge in [0.1, 0.15) is 0 Å². The lowest BCUT2D eigenvalue weighted by Gasteiger charge is -2.11. The summed E-state index contributed by atoms with van der Waals surface area (Å²) in [5.41, 5.74) is 3.91. The quantitative estimate of drug-likeness (QED) is 0.697. The summed E-state index contributed by atoms with van der Waals surface area (Å²) >= 11 is 0. The van der Waals surface area contributed by atoms with Gasteiger partial charge in [-0.3, -0.25) is 4.98 Å². The van der Waals surface area contributed by atoms with Gasteiger partial charge in [-0.25, -0.2) is 9.64 Å². The van der Waals surface area contributed by atoms with Crippen molar-refractivity contribution in [1.82, 2.24) is 4.98 Å². The maximum atomic E-state index is 11.1. The predicted molar refractivity (Wildman–Crippen MR) is 89.4 cm³/mol. The third-order valence-corrected chi connectivity index (χ3v) is 3.59. The zero-order valence-electron chi connectivity index (χ0n) is 12.4. The minimum absolute atomic E-state index is 0.283. The molecule has 0 unspecified atom stereocenters. The molecule has 1 aromatic heterocycles. The molecule has 23 heavy (non-hydrogen) atoms. The van der Waals surface area contributed by atoms with Crippen molar-refractivity contribution >= 4 is 33.9 Å². The molecule has 5 nitrogen and oxygen atoms in total. The highest BCUT2D eigenvalue weighted by atomic mass is 16.4. The number of aromatic carboxylic acids is 1. The Hall–Kier alpha value is -3.39. The van der Waals surface area contributed by atoms with Crippen LogP contribution in [0.3, 0.4) is 0 Å². The second-order valence-electron chi connectivity index (χ2n) is 5.13. The van der Waals surface area contributed by atoms with E-state index >= 15 is 0 Å². The van der Waals surface area contributed by atoms with Crippen LogP contribution in [-0.4, -0.2) is 16.1 Å². The summed E-state index contributed by atoms with van der Waals surface area (Å²) in [4.78, 5) is 18.8. The smallest absolute Gasteiger partial charge is 0.335 e. The normalized spacial score (nSPS) is 10.3. The Kier molecular flexibility index (Phi) is 3.65. The molecule has 0 radical (unpaired) electrons. The fourth-order valence-electron chi connectivity index (χ4n) is 2.45. The van der Waals surface area contributed by atoms with Crippen molar-refractivity contribution in [2.24, 2.45) is 0 Å². The van der Waals surface area contributed by atoms with Gasteiger partial charge in [-0.15, -0.1) is 0 Å². The lowest BCUT2D eigenvalue weighted by molar-refractivity contribution is 0.0696. The summed E-state index contributed by atoms with van der Waals surface area (Å²) in [5, 5.41) is 13.2. The summed E-state index contributed by atoms with van der Waals surface area (Å²) in [6, 6.07) is 12.3. The lowest BCUT2D eigenvalue weighted by Crippen LogP contribution is -2.00. The molecule has 0 amide bonds. The van der Waals surface area contributed by atoms with E-state index in [1.165, 1.54) is 0 Å². The van der Waals surface area contributed by atoms with E-state index in [0.717, 1.165) is 22.3 Å². The predicted octanol–water partition coefficient (Wildman–Crippen LogP) is 4.54. The van der Waals surface area contributed by atoms with Gasteiger partial charge in [-0.05, 0) is 48.9 Å². The van der Waals surface area contributed by atoms with Crippen LogP contribution in [0.5, 0.6) is 0 Å². The maximum absolute atomic E-state index is 11.1. The van der Waals surface area contributed by atoms with Gasteiger partial charge < -0.3 is 10.4 Å². The van der Waals surface area contributed by atoms with Crippen molar-refractivity contribution in [2.75, 3.05) is 5.32 Å². The summed E-state index contributed by atoms with van der Waals surface area (Å²) < 4.78 is 0. The van der Waals surface area contributed by atoms with Crippen molar-refractivity contribution in [1.29, 1.82) is 0 Å². The second-order valence-corrected chi connectivity index (χ2v) is 5.13. The van der Waals surface area contributed by atoms with E-state index in [-0.39, 0.29) is 5.56 Å². The van der Waals surface area contributed by atoms with Crippen LogP contribution in [0.4, 0.5) is 17.1 Å². The first-order valence-corrected chi connectivity index (χ1v) is 6.95.